The molecule has 0 bridgehead atoms. The van der Waals surface area contributed by atoms with Gasteiger partial charge in [0, 0.05) is 20.0 Å². The number of hydrogen-bond acceptors (Lipinski definition) is 1. The van der Waals surface area contributed by atoms with Crippen LogP contribution in [0, 0.1) is 0 Å². The van der Waals surface area contributed by atoms with Crippen molar-refractivity contribution in [2.75, 3.05) is 34.2 Å². The Balaban J connectivity index is 1.91. The fourth-order valence-corrected chi connectivity index (χ4v) is 3.26. The normalized spacial score (nSPS) is 17.4. The summed E-state index contributed by atoms with van der Waals surface area (Å²) in [6.07, 6.45) is 4.79. The molecule has 1 aromatic rings. The number of benzene rings is 1. The molecule has 116 valence electrons. The average Bonchev–Trinajstić information content (AvgIpc) is 2.50. The van der Waals surface area contributed by atoms with Gasteiger partial charge in [0.15, 0.2) is 5.11 Å². The zero-order valence-corrected chi connectivity index (χ0v) is 14.3. The van der Waals surface area contributed by atoms with Gasteiger partial charge in [-0.3, -0.25) is 0 Å². The molecule has 1 atom stereocenters. The largest absolute Gasteiger partial charge is 0.362 e. The van der Waals surface area contributed by atoms with E-state index in [1.807, 2.05) is 0 Å². The first-order valence-corrected chi connectivity index (χ1v) is 8.38. The van der Waals surface area contributed by atoms with Gasteiger partial charge in [0.1, 0.15) is 0 Å². The molecule has 0 aliphatic heterocycles. The Morgan fingerprint density at radius 2 is 2.14 bits per heavy atom. The van der Waals surface area contributed by atoms with Crippen LogP contribution in [0.1, 0.15) is 36.4 Å². The third-order valence-corrected chi connectivity index (χ3v) is 4.69. The summed E-state index contributed by atoms with van der Waals surface area (Å²) in [6, 6.07) is 9.22. The molecule has 0 amide bonds. The maximum Gasteiger partial charge on any atom is 0.169 e. The zero-order valence-electron chi connectivity index (χ0n) is 13.5. The number of quaternary nitrogens is 1. The van der Waals surface area contributed by atoms with Gasteiger partial charge in [-0.25, -0.2) is 0 Å². The molecule has 2 rings (SSSR count). The predicted octanol–water partition coefficient (Wildman–Crippen LogP) is 1.40. The van der Waals surface area contributed by atoms with Gasteiger partial charge in [-0.15, -0.1) is 0 Å². The third-order valence-electron chi connectivity index (χ3n) is 4.26. The molecule has 0 spiro atoms. The van der Waals surface area contributed by atoms with Crippen LogP contribution in [0.2, 0.25) is 0 Å². The van der Waals surface area contributed by atoms with Crippen LogP contribution in [0.25, 0.3) is 0 Å². The number of fused-ring (bicyclic) bond motifs is 1. The third kappa shape index (κ3) is 4.42. The molecule has 0 fully saturated rings. The van der Waals surface area contributed by atoms with E-state index in [4.69, 9.17) is 12.2 Å². The summed E-state index contributed by atoms with van der Waals surface area (Å²) < 4.78 is 0. The summed E-state index contributed by atoms with van der Waals surface area (Å²) in [6.45, 7) is 2.13. The van der Waals surface area contributed by atoms with Crippen molar-refractivity contribution in [1.82, 2.24) is 10.2 Å². The van der Waals surface area contributed by atoms with Crippen LogP contribution in [-0.2, 0) is 6.42 Å². The number of hydrogen-bond donors (Lipinski definition) is 2. The Hall–Kier alpha value is -1.13. The molecule has 4 heteroatoms. The number of nitrogens with zero attached hydrogens (tertiary/aromatic N) is 1. The highest BCUT2D eigenvalue weighted by Gasteiger charge is 2.24. The molecule has 0 unspecified atom stereocenters. The van der Waals surface area contributed by atoms with Gasteiger partial charge in [0.2, 0.25) is 0 Å². The van der Waals surface area contributed by atoms with E-state index in [-0.39, 0.29) is 0 Å². The highest BCUT2D eigenvalue weighted by Crippen LogP contribution is 2.33. The van der Waals surface area contributed by atoms with Crippen LogP contribution < -0.4 is 10.2 Å². The molecule has 1 aliphatic carbocycles. The highest BCUT2D eigenvalue weighted by atomic mass is 32.1. The van der Waals surface area contributed by atoms with Crippen LogP contribution in [0.5, 0.6) is 0 Å². The maximum absolute atomic E-state index is 5.57. The van der Waals surface area contributed by atoms with E-state index in [9.17, 15) is 0 Å². The number of rotatable bonds is 5. The lowest BCUT2D eigenvalue weighted by Gasteiger charge is -2.35. The second kappa shape index (κ2) is 7.76. The van der Waals surface area contributed by atoms with E-state index < -0.39 is 0 Å². The fraction of sp³-hybridized carbons (Fsp3) is 0.588. The van der Waals surface area contributed by atoms with Crippen molar-refractivity contribution < 1.29 is 4.90 Å². The molecular weight excluding hydrogens is 278 g/mol. The van der Waals surface area contributed by atoms with Crippen molar-refractivity contribution >= 4 is 17.3 Å². The van der Waals surface area contributed by atoms with Gasteiger partial charge in [0.25, 0.3) is 0 Å². The second-order valence-corrected chi connectivity index (χ2v) is 6.65. The van der Waals surface area contributed by atoms with E-state index in [1.54, 1.807) is 0 Å². The maximum atomic E-state index is 5.57. The van der Waals surface area contributed by atoms with Crippen LogP contribution in [-0.4, -0.2) is 44.2 Å². The molecule has 0 saturated heterocycles. The molecule has 21 heavy (non-hydrogen) atoms. The summed E-state index contributed by atoms with van der Waals surface area (Å²) in [5.74, 6) is 0. The van der Waals surface area contributed by atoms with Crippen molar-refractivity contribution in [3.05, 3.63) is 35.4 Å². The Morgan fingerprint density at radius 3 is 2.90 bits per heavy atom. The molecule has 0 saturated carbocycles. The molecule has 1 aromatic carbocycles. The molecule has 2 N–H and O–H groups in total. The van der Waals surface area contributed by atoms with Gasteiger partial charge in [-0.05, 0) is 42.6 Å². The standard InChI is InChI=1S/C17H27N3S/c1-19(2)13-7-12-18-17(21)20(3)16-11-6-9-14-8-4-5-10-15(14)16/h4-5,8,10,16H,6-7,9,11-13H2,1-3H3,(H,18,21)/p+1/t16-/m0/s1. The molecule has 1 aliphatic rings. The molecule has 0 aromatic heterocycles. The smallest absolute Gasteiger partial charge is 0.169 e. The topological polar surface area (TPSA) is 19.7 Å². The monoisotopic (exact) mass is 306 g/mol. The molecule has 3 nitrogen and oxygen atoms in total. The molecular formula is C17H28N3S+. The first-order chi connectivity index (χ1) is 10.1. The van der Waals surface area contributed by atoms with Crippen molar-refractivity contribution in [1.29, 1.82) is 0 Å². The summed E-state index contributed by atoms with van der Waals surface area (Å²) in [5, 5.41) is 4.29. The lowest BCUT2D eigenvalue weighted by Crippen LogP contribution is -3.05. The minimum Gasteiger partial charge on any atom is -0.362 e. The van der Waals surface area contributed by atoms with Crippen molar-refractivity contribution in [3.63, 3.8) is 0 Å². The van der Waals surface area contributed by atoms with E-state index in [0.29, 0.717) is 6.04 Å². The first kappa shape index (κ1) is 16.2. The Labute approximate surface area is 134 Å². The van der Waals surface area contributed by atoms with E-state index in [1.165, 1.54) is 41.8 Å². The number of thiocarbonyl (C=S) groups is 1. The predicted molar refractivity (Wildman–Crippen MR) is 92.8 cm³/mol. The first-order valence-electron chi connectivity index (χ1n) is 7.97. The van der Waals surface area contributed by atoms with Gasteiger partial charge in [0.05, 0.1) is 26.7 Å². The van der Waals surface area contributed by atoms with E-state index in [0.717, 1.165) is 18.1 Å². The van der Waals surface area contributed by atoms with Crippen LogP contribution in [0.4, 0.5) is 0 Å². The minimum absolute atomic E-state index is 0.425. The summed E-state index contributed by atoms with van der Waals surface area (Å²) in [4.78, 5) is 3.73. The Morgan fingerprint density at radius 1 is 1.38 bits per heavy atom. The van der Waals surface area contributed by atoms with Crippen LogP contribution in [0.15, 0.2) is 24.3 Å². The average molecular weight is 306 g/mol. The van der Waals surface area contributed by atoms with Gasteiger partial charge in [-0.2, -0.15) is 0 Å². The highest BCUT2D eigenvalue weighted by molar-refractivity contribution is 7.80. The summed E-state index contributed by atoms with van der Waals surface area (Å²) in [5.41, 5.74) is 2.94. The lowest BCUT2D eigenvalue weighted by atomic mass is 9.87. The molecule has 0 heterocycles. The second-order valence-electron chi connectivity index (χ2n) is 6.26. The summed E-state index contributed by atoms with van der Waals surface area (Å²) >= 11 is 5.57. The van der Waals surface area contributed by atoms with Crippen LogP contribution >= 0.6 is 12.2 Å². The fourth-order valence-electron chi connectivity index (χ4n) is 3.03. The van der Waals surface area contributed by atoms with Crippen molar-refractivity contribution in [3.8, 4) is 0 Å². The quantitative estimate of drug-likeness (QED) is 0.634. The minimum atomic E-state index is 0.425. The number of nitrogens with one attached hydrogen (secondary N) is 2. The zero-order chi connectivity index (χ0) is 15.2. The SMILES string of the molecule is CN(C(=S)NCCC[NH+](C)C)[C@H]1CCCc2ccccc21. The van der Waals surface area contributed by atoms with Crippen molar-refractivity contribution in [2.45, 2.75) is 31.7 Å². The van der Waals surface area contributed by atoms with Gasteiger partial charge in [-0.1, -0.05) is 24.3 Å². The van der Waals surface area contributed by atoms with Crippen LogP contribution in [0.3, 0.4) is 0 Å². The lowest BCUT2D eigenvalue weighted by molar-refractivity contribution is -0.858. The van der Waals surface area contributed by atoms with E-state index in [2.05, 4.69) is 55.6 Å². The Kier molecular flexibility index (Phi) is 6.00. The number of aryl methyl sites for hydroxylation is 1. The van der Waals surface area contributed by atoms with Crippen molar-refractivity contribution in [2.24, 2.45) is 0 Å². The van der Waals surface area contributed by atoms with Gasteiger partial charge < -0.3 is 15.1 Å². The van der Waals surface area contributed by atoms with Gasteiger partial charge >= 0.3 is 0 Å². The van der Waals surface area contributed by atoms with E-state index >= 15 is 0 Å². The Bertz CT molecular complexity index is 473. The summed E-state index contributed by atoms with van der Waals surface area (Å²) in [7, 11) is 6.49. The molecule has 0 radical (unpaired) electrons.